The predicted molar refractivity (Wildman–Crippen MR) is 135 cm³/mol. The number of benzene rings is 2. The molecular weight excluding hydrogens is 450 g/mol. The molecule has 2 aromatic carbocycles. The number of ether oxygens (including phenoxy) is 1. The van der Waals surface area contributed by atoms with Crippen LogP contribution in [0.1, 0.15) is 41.4 Å². The SMILES string of the molecule is CCOC(=O)c1ccc(NC(=O)C(C)n2cnc3scc(-c4ccc(C)cc4C)c3c2=O)cc1. The maximum Gasteiger partial charge on any atom is 0.338 e. The number of fused-ring (bicyclic) bond motifs is 1. The first-order valence-corrected chi connectivity index (χ1v) is 11.8. The molecule has 2 aromatic heterocycles. The Bertz CT molecular complexity index is 1440. The number of carbonyl (C=O) groups excluding carboxylic acids is 2. The van der Waals surface area contributed by atoms with Crippen LogP contribution in [0.5, 0.6) is 0 Å². The zero-order valence-corrected chi connectivity index (χ0v) is 20.2. The van der Waals surface area contributed by atoms with Crippen molar-refractivity contribution in [1.82, 2.24) is 9.55 Å². The molecule has 1 atom stereocenters. The van der Waals surface area contributed by atoms with E-state index in [9.17, 15) is 14.4 Å². The standard InChI is InChI=1S/C26H25N3O4S/c1-5-33-26(32)18-7-9-19(10-8-18)28-23(30)17(4)29-14-27-24-22(25(29)31)21(13-34-24)20-11-6-15(2)12-16(20)3/h6-14,17H,5H2,1-4H3,(H,28,30). The van der Waals surface area contributed by atoms with Crippen molar-refractivity contribution in [3.8, 4) is 11.1 Å². The number of nitrogens with zero attached hydrogens (tertiary/aromatic N) is 2. The zero-order chi connectivity index (χ0) is 24.4. The molecule has 2 heterocycles. The molecule has 0 spiro atoms. The molecule has 1 N–H and O–H groups in total. The molecule has 1 amide bonds. The molecule has 8 heteroatoms. The number of nitrogens with one attached hydrogen (secondary N) is 1. The number of aryl methyl sites for hydroxylation is 2. The van der Waals surface area contributed by atoms with Gasteiger partial charge in [-0.15, -0.1) is 11.3 Å². The van der Waals surface area contributed by atoms with Crippen molar-refractivity contribution in [2.45, 2.75) is 33.7 Å². The minimum atomic E-state index is -0.791. The number of hydrogen-bond donors (Lipinski definition) is 1. The van der Waals surface area contributed by atoms with E-state index >= 15 is 0 Å². The number of rotatable bonds is 6. The quantitative estimate of drug-likeness (QED) is 0.391. The Morgan fingerprint density at radius 2 is 1.85 bits per heavy atom. The van der Waals surface area contributed by atoms with Crippen LogP contribution in [0.4, 0.5) is 5.69 Å². The molecule has 0 fully saturated rings. The molecule has 1 unspecified atom stereocenters. The number of carbonyl (C=O) groups is 2. The number of esters is 1. The second kappa shape index (κ2) is 9.61. The Hall–Kier alpha value is -3.78. The van der Waals surface area contributed by atoms with Crippen LogP contribution in [0.25, 0.3) is 21.3 Å². The molecule has 0 saturated carbocycles. The van der Waals surface area contributed by atoms with Crippen molar-refractivity contribution in [2.75, 3.05) is 11.9 Å². The van der Waals surface area contributed by atoms with Crippen molar-refractivity contribution in [3.63, 3.8) is 0 Å². The van der Waals surface area contributed by atoms with Gasteiger partial charge in [0.15, 0.2) is 0 Å². The van der Waals surface area contributed by atoms with Crippen molar-refractivity contribution in [3.05, 3.63) is 81.2 Å². The van der Waals surface area contributed by atoms with Gasteiger partial charge in [-0.3, -0.25) is 14.2 Å². The second-order valence-electron chi connectivity index (χ2n) is 8.07. The van der Waals surface area contributed by atoms with Crippen molar-refractivity contribution in [1.29, 1.82) is 0 Å². The summed E-state index contributed by atoms with van der Waals surface area (Å²) in [4.78, 5) is 43.2. The van der Waals surface area contributed by atoms with E-state index in [2.05, 4.69) is 16.4 Å². The summed E-state index contributed by atoms with van der Waals surface area (Å²) in [6.07, 6.45) is 1.42. The normalized spacial score (nSPS) is 11.9. The van der Waals surface area contributed by atoms with Crippen LogP contribution in [0.15, 0.2) is 59.0 Å². The lowest BCUT2D eigenvalue weighted by Gasteiger charge is -2.15. The highest BCUT2D eigenvalue weighted by Crippen LogP contribution is 2.33. The third-order valence-corrected chi connectivity index (χ3v) is 6.54. The van der Waals surface area contributed by atoms with Crippen LogP contribution in [-0.2, 0) is 9.53 Å². The molecule has 4 aromatic rings. The van der Waals surface area contributed by atoms with E-state index in [-0.39, 0.29) is 18.1 Å². The summed E-state index contributed by atoms with van der Waals surface area (Å²) in [5, 5.41) is 5.25. The fourth-order valence-electron chi connectivity index (χ4n) is 3.81. The Labute approximate surface area is 201 Å². The molecule has 0 bridgehead atoms. The molecule has 0 saturated heterocycles. The van der Waals surface area contributed by atoms with Gasteiger partial charge in [-0.1, -0.05) is 23.8 Å². The summed E-state index contributed by atoms with van der Waals surface area (Å²) in [5.41, 5.74) is 4.68. The highest BCUT2D eigenvalue weighted by atomic mass is 32.1. The van der Waals surface area contributed by atoms with E-state index in [0.29, 0.717) is 21.5 Å². The summed E-state index contributed by atoms with van der Waals surface area (Å²) < 4.78 is 6.32. The summed E-state index contributed by atoms with van der Waals surface area (Å²) in [7, 11) is 0. The van der Waals surface area contributed by atoms with E-state index < -0.39 is 12.0 Å². The molecule has 7 nitrogen and oxygen atoms in total. The second-order valence-corrected chi connectivity index (χ2v) is 8.93. The van der Waals surface area contributed by atoms with Gasteiger partial charge in [-0.2, -0.15) is 0 Å². The van der Waals surface area contributed by atoms with Gasteiger partial charge in [-0.25, -0.2) is 9.78 Å². The van der Waals surface area contributed by atoms with Gasteiger partial charge in [0.2, 0.25) is 5.91 Å². The van der Waals surface area contributed by atoms with Crippen LogP contribution in [0.3, 0.4) is 0 Å². The largest absolute Gasteiger partial charge is 0.462 e. The molecule has 4 rings (SSSR count). The molecule has 0 aliphatic rings. The highest BCUT2D eigenvalue weighted by molar-refractivity contribution is 7.17. The first kappa shape index (κ1) is 23.4. The summed E-state index contributed by atoms with van der Waals surface area (Å²) in [5.74, 6) is -0.787. The van der Waals surface area contributed by atoms with E-state index in [0.717, 1.165) is 22.3 Å². The lowest BCUT2D eigenvalue weighted by atomic mass is 9.99. The highest BCUT2D eigenvalue weighted by Gasteiger charge is 2.21. The maximum atomic E-state index is 13.4. The Balaban J connectivity index is 1.62. The molecule has 0 radical (unpaired) electrons. The molecule has 34 heavy (non-hydrogen) atoms. The smallest absolute Gasteiger partial charge is 0.338 e. The number of aromatic nitrogens is 2. The minimum Gasteiger partial charge on any atom is -0.462 e. The number of hydrogen-bond acceptors (Lipinski definition) is 6. The van der Waals surface area contributed by atoms with E-state index in [1.54, 1.807) is 38.1 Å². The molecule has 174 valence electrons. The van der Waals surface area contributed by atoms with E-state index in [1.807, 2.05) is 31.4 Å². The third-order valence-electron chi connectivity index (χ3n) is 5.65. The molecular formula is C26H25N3O4S. The van der Waals surface area contributed by atoms with Crippen molar-refractivity contribution in [2.24, 2.45) is 0 Å². The Morgan fingerprint density at radius 1 is 1.12 bits per heavy atom. The third kappa shape index (κ3) is 4.49. The molecule has 0 aliphatic carbocycles. The Morgan fingerprint density at radius 3 is 2.53 bits per heavy atom. The van der Waals surface area contributed by atoms with E-state index in [4.69, 9.17) is 4.74 Å². The average Bonchev–Trinajstić information content (AvgIpc) is 3.24. The van der Waals surface area contributed by atoms with Gasteiger partial charge < -0.3 is 10.1 Å². The number of amides is 1. The van der Waals surface area contributed by atoms with Gasteiger partial charge in [0, 0.05) is 16.6 Å². The van der Waals surface area contributed by atoms with Crippen LogP contribution >= 0.6 is 11.3 Å². The summed E-state index contributed by atoms with van der Waals surface area (Å²) >= 11 is 1.41. The maximum absolute atomic E-state index is 13.4. The first-order valence-electron chi connectivity index (χ1n) is 10.9. The fraction of sp³-hybridized carbons (Fsp3) is 0.231. The van der Waals surface area contributed by atoms with E-state index in [1.165, 1.54) is 22.2 Å². The van der Waals surface area contributed by atoms with Crippen LogP contribution in [0.2, 0.25) is 0 Å². The lowest BCUT2D eigenvalue weighted by molar-refractivity contribution is -0.118. The lowest BCUT2D eigenvalue weighted by Crippen LogP contribution is -2.31. The Kier molecular flexibility index (Phi) is 6.61. The van der Waals surface area contributed by atoms with Gasteiger partial charge in [-0.05, 0) is 63.1 Å². The molecule has 0 aliphatic heterocycles. The van der Waals surface area contributed by atoms with Crippen LogP contribution in [0, 0.1) is 13.8 Å². The monoisotopic (exact) mass is 475 g/mol. The van der Waals surface area contributed by atoms with Gasteiger partial charge in [0.05, 0.1) is 23.9 Å². The number of anilines is 1. The minimum absolute atomic E-state index is 0.262. The van der Waals surface area contributed by atoms with Gasteiger partial charge in [0.1, 0.15) is 10.9 Å². The fourth-order valence-corrected chi connectivity index (χ4v) is 4.71. The van der Waals surface area contributed by atoms with Crippen LogP contribution < -0.4 is 10.9 Å². The van der Waals surface area contributed by atoms with Crippen molar-refractivity contribution >= 4 is 39.1 Å². The van der Waals surface area contributed by atoms with Gasteiger partial charge in [0.25, 0.3) is 5.56 Å². The summed E-state index contributed by atoms with van der Waals surface area (Å²) in [6, 6.07) is 11.7. The summed E-state index contributed by atoms with van der Waals surface area (Å²) in [6.45, 7) is 7.73. The van der Waals surface area contributed by atoms with Gasteiger partial charge >= 0.3 is 5.97 Å². The predicted octanol–water partition coefficient (Wildman–Crippen LogP) is 5.12. The average molecular weight is 476 g/mol. The topological polar surface area (TPSA) is 90.3 Å². The van der Waals surface area contributed by atoms with Crippen molar-refractivity contribution < 1.29 is 14.3 Å². The van der Waals surface area contributed by atoms with Crippen LogP contribution in [-0.4, -0.2) is 28.0 Å². The zero-order valence-electron chi connectivity index (χ0n) is 19.4. The number of thiophene rings is 1. The first-order chi connectivity index (χ1) is 16.3.